The lowest BCUT2D eigenvalue weighted by Gasteiger charge is -2.36. The number of carbonyl (C=O) groups is 1. The number of likely N-dealkylation sites (tertiary alicyclic amines) is 1. The summed E-state index contributed by atoms with van der Waals surface area (Å²) in [4.78, 5) is 14.5. The minimum atomic E-state index is 0.00610. The van der Waals surface area contributed by atoms with E-state index in [1.165, 1.54) is 12.8 Å². The molecule has 0 spiro atoms. The van der Waals surface area contributed by atoms with Crippen molar-refractivity contribution in [2.45, 2.75) is 53.0 Å². The zero-order valence-electron chi connectivity index (χ0n) is 13.7. The van der Waals surface area contributed by atoms with E-state index in [9.17, 15) is 4.79 Å². The van der Waals surface area contributed by atoms with Crippen molar-refractivity contribution in [3.63, 3.8) is 0 Å². The maximum Gasteiger partial charge on any atom is 0.237 e. The number of hydrogen-bond acceptors (Lipinski definition) is 3. The molecule has 1 fully saturated rings. The van der Waals surface area contributed by atoms with Crippen molar-refractivity contribution in [1.29, 1.82) is 0 Å². The molecule has 2 atom stereocenters. The highest BCUT2D eigenvalue weighted by atomic mass is 16.2. The molecule has 118 valence electrons. The molecule has 1 aliphatic heterocycles. The molecule has 1 aliphatic rings. The molecule has 4 heteroatoms. The fourth-order valence-electron chi connectivity index (χ4n) is 2.76. The summed E-state index contributed by atoms with van der Waals surface area (Å²) >= 11 is 0. The van der Waals surface area contributed by atoms with Crippen LogP contribution in [0.1, 0.15) is 47.0 Å². The van der Waals surface area contributed by atoms with E-state index in [0.717, 1.165) is 39.1 Å². The first-order valence-corrected chi connectivity index (χ1v) is 8.27. The van der Waals surface area contributed by atoms with Crippen molar-refractivity contribution < 1.29 is 4.79 Å². The second-order valence-corrected chi connectivity index (χ2v) is 6.46. The van der Waals surface area contributed by atoms with Crippen molar-refractivity contribution in [2.75, 3.05) is 32.7 Å². The minimum Gasteiger partial charge on any atom is -0.355 e. The second-order valence-electron chi connectivity index (χ2n) is 6.46. The molecule has 0 aromatic heterocycles. The smallest absolute Gasteiger partial charge is 0.237 e. The van der Waals surface area contributed by atoms with E-state index in [1.807, 2.05) is 6.92 Å². The average molecular weight is 283 g/mol. The van der Waals surface area contributed by atoms with Crippen LogP contribution >= 0.6 is 0 Å². The van der Waals surface area contributed by atoms with Crippen LogP contribution in [-0.4, -0.2) is 49.6 Å². The Balaban J connectivity index is 2.33. The fourth-order valence-corrected chi connectivity index (χ4v) is 2.76. The third-order valence-electron chi connectivity index (χ3n) is 4.18. The van der Waals surface area contributed by atoms with Gasteiger partial charge < -0.3 is 10.6 Å². The molecular formula is C16H33N3O. The Bertz CT molecular complexity index is 281. The van der Waals surface area contributed by atoms with Gasteiger partial charge in [-0.25, -0.2) is 0 Å². The third-order valence-corrected chi connectivity index (χ3v) is 4.18. The molecule has 20 heavy (non-hydrogen) atoms. The van der Waals surface area contributed by atoms with E-state index in [4.69, 9.17) is 0 Å². The second kappa shape index (κ2) is 9.35. The lowest BCUT2D eigenvalue weighted by Crippen LogP contribution is -2.50. The first kappa shape index (κ1) is 17.4. The summed E-state index contributed by atoms with van der Waals surface area (Å²) in [6, 6.07) is 0.00610. The largest absolute Gasteiger partial charge is 0.355 e. The molecule has 1 saturated heterocycles. The highest BCUT2D eigenvalue weighted by Gasteiger charge is 2.26. The summed E-state index contributed by atoms with van der Waals surface area (Å²) < 4.78 is 0. The van der Waals surface area contributed by atoms with Crippen molar-refractivity contribution in [3.8, 4) is 0 Å². The SMILES string of the molecule is CCNCC1CCCN(C(C)C(=O)NCCC(C)C)C1. The number of piperidine rings is 1. The molecule has 0 aromatic rings. The molecule has 0 radical (unpaired) electrons. The van der Waals surface area contributed by atoms with Gasteiger partial charge in [-0.2, -0.15) is 0 Å². The maximum atomic E-state index is 12.2. The molecule has 2 N–H and O–H groups in total. The minimum absolute atomic E-state index is 0.00610. The Kier molecular flexibility index (Phi) is 8.15. The highest BCUT2D eigenvalue weighted by Crippen LogP contribution is 2.18. The Morgan fingerprint density at radius 1 is 1.35 bits per heavy atom. The van der Waals surface area contributed by atoms with E-state index in [0.29, 0.717) is 11.8 Å². The zero-order valence-corrected chi connectivity index (χ0v) is 13.7. The van der Waals surface area contributed by atoms with Gasteiger partial charge in [0, 0.05) is 13.1 Å². The molecule has 1 rings (SSSR count). The predicted octanol–water partition coefficient (Wildman–Crippen LogP) is 1.86. The summed E-state index contributed by atoms with van der Waals surface area (Å²) in [7, 11) is 0. The number of amides is 1. The van der Waals surface area contributed by atoms with Crippen LogP contribution in [-0.2, 0) is 4.79 Å². The Labute approximate surface area is 124 Å². The van der Waals surface area contributed by atoms with Gasteiger partial charge in [-0.3, -0.25) is 9.69 Å². The Hall–Kier alpha value is -0.610. The number of nitrogens with one attached hydrogen (secondary N) is 2. The van der Waals surface area contributed by atoms with E-state index in [1.54, 1.807) is 0 Å². The fraction of sp³-hybridized carbons (Fsp3) is 0.938. The monoisotopic (exact) mass is 283 g/mol. The van der Waals surface area contributed by atoms with Gasteiger partial charge in [-0.1, -0.05) is 20.8 Å². The van der Waals surface area contributed by atoms with Gasteiger partial charge in [0.25, 0.3) is 0 Å². The number of rotatable bonds is 8. The van der Waals surface area contributed by atoms with Gasteiger partial charge in [0.1, 0.15) is 0 Å². The molecule has 0 aromatic carbocycles. The van der Waals surface area contributed by atoms with Crippen LogP contribution in [0.15, 0.2) is 0 Å². The summed E-state index contributed by atoms with van der Waals surface area (Å²) in [5.74, 6) is 1.52. The van der Waals surface area contributed by atoms with Crippen molar-refractivity contribution >= 4 is 5.91 Å². The van der Waals surface area contributed by atoms with E-state index in [-0.39, 0.29) is 11.9 Å². The normalized spacial score (nSPS) is 21.9. The molecule has 1 amide bonds. The van der Waals surface area contributed by atoms with Crippen LogP contribution in [0.2, 0.25) is 0 Å². The van der Waals surface area contributed by atoms with Gasteiger partial charge in [-0.15, -0.1) is 0 Å². The standard InChI is InChI=1S/C16H33N3O/c1-5-17-11-15-7-6-10-19(12-15)14(4)16(20)18-9-8-13(2)3/h13-15,17H,5-12H2,1-4H3,(H,18,20). The van der Waals surface area contributed by atoms with Gasteiger partial charge in [-0.05, 0) is 57.7 Å². The average Bonchev–Trinajstić information content (AvgIpc) is 2.44. The van der Waals surface area contributed by atoms with Crippen LogP contribution in [0.3, 0.4) is 0 Å². The summed E-state index contributed by atoms with van der Waals surface area (Å²) in [6.45, 7) is 13.6. The van der Waals surface area contributed by atoms with Crippen LogP contribution in [0.4, 0.5) is 0 Å². The Morgan fingerprint density at radius 2 is 2.10 bits per heavy atom. The quantitative estimate of drug-likeness (QED) is 0.714. The van der Waals surface area contributed by atoms with E-state index < -0.39 is 0 Å². The zero-order chi connectivity index (χ0) is 15.0. The predicted molar refractivity (Wildman–Crippen MR) is 84.8 cm³/mol. The van der Waals surface area contributed by atoms with E-state index >= 15 is 0 Å². The Morgan fingerprint density at radius 3 is 2.75 bits per heavy atom. The molecule has 0 saturated carbocycles. The molecule has 0 bridgehead atoms. The van der Waals surface area contributed by atoms with Crippen LogP contribution in [0, 0.1) is 11.8 Å². The molecule has 0 aliphatic carbocycles. The van der Waals surface area contributed by atoms with E-state index in [2.05, 4.69) is 36.3 Å². The molecular weight excluding hydrogens is 250 g/mol. The molecule has 4 nitrogen and oxygen atoms in total. The topological polar surface area (TPSA) is 44.4 Å². The number of carbonyl (C=O) groups excluding carboxylic acids is 1. The summed E-state index contributed by atoms with van der Waals surface area (Å²) in [5.41, 5.74) is 0. The summed E-state index contributed by atoms with van der Waals surface area (Å²) in [6.07, 6.45) is 3.55. The van der Waals surface area contributed by atoms with Crippen LogP contribution in [0.25, 0.3) is 0 Å². The lowest BCUT2D eigenvalue weighted by molar-refractivity contribution is -0.126. The van der Waals surface area contributed by atoms with Crippen LogP contribution in [0.5, 0.6) is 0 Å². The summed E-state index contributed by atoms with van der Waals surface area (Å²) in [5, 5.41) is 6.50. The van der Waals surface area contributed by atoms with Crippen LogP contribution < -0.4 is 10.6 Å². The van der Waals surface area contributed by atoms with Crippen molar-refractivity contribution in [2.24, 2.45) is 11.8 Å². The third kappa shape index (κ3) is 6.23. The highest BCUT2D eigenvalue weighted by molar-refractivity contribution is 5.81. The van der Waals surface area contributed by atoms with Crippen molar-refractivity contribution in [3.05, 3.63) is 0 Å². The number of nitrogens with zero attached hydrogens (tertiary/aromatic N) is 1. The lowest BCUT2D eigenvalue weighted by atomic mass is 9.96. The van der Waals surface area contributed by atoms with Crippen molar-refractivity contribution in [1.82, 2.24) is 15.5 Å². The maximum absolute atomic E-state index is 12.2. The molecule has 2 unspecified atom stereocenters. The number of hydrogen-bond donors (Lipinski definition) is 2. The molecule has 1 heterocycles. The first-order chi connectivity index (χ1) is 9.54. The van der Waals surface area contributed by atoms with Gasteiger partial charge in [0.2, 0.25) is 5.91 Å². The van der Waals surface area contributed by atoms with Gasteiger partial charge >= 0.3 is 0 Å². The van der Waals surface area contributed by atoms with Gasteiger partial charge in [0.05, 0.1) is 6.04 Å². The first-order valence-electron chi connectivity index (χ1n) is 8.27. The van der Waals surface area contributed by atoms with Gasteiger partial charge in [0.15, 0.2) is 0 Å².